The lowest BCUT2D eigenvalue weighted by Crippen LogP contribution is -2.11. The van der Waals surface area contributed by atoms with Crippen LogP contribution in [0.1, 0.15) is 5.56 Å². The summed E-state index contributed by atoms with van der Waals surface area (Å²) in [6, 6.07) is 12.2. The van der Waals surface area contributed by atoms with Crippen molar-refractivity contribution < 1.29 is 9.13 Å². The zero-order valence-corrected chi connectivity index (χ0v) is 15.1. The largest absolute Gasteiger partial charge is 0.497 e. The first-order valence-corrected chi connectivity index (χ1v) is 8.78. The second-order valence-corrected chi connectivity index (χ2v) is 6.79. The van der Waals surface area contributed by atoms with Gasteiger partial charge in [0.25, 0.3) is 0 Å². The van der Waals surface area contributed by atoms with Gasteiger partial charge in [0.1, 0.15) is 11.6 Å². The van der Waals surface area contributed by atoms with Crippen LogP contribution in [0.15, 0.2) is 52.1 Å². The predicted octanol–water partition coefficient (Wildman–Crippen LogP) is 3.86. The van der Waals surface area contributed by atoms with Crippen LogP contribution < -0.4 is 10.6 Å². The van der Waals surface area contributed by atoms with Crippen molar-refractivity contribution in [3.05, 3.63) is 58.3 Å². The number of ether oxygens (including phenoxy) is 1. The topological polar surface area (TPSA) is 66.0 Å². The average Bonchev–Trinajstić information content (AvgIpc) is 2.96. The maximum absolute atomic E-state index is 13.8. The van der Waals surface area contributed by atoms with Crippen LogP contribution >= 0.6 is 27.7 Å². The molecule has 0 saturated carbocycles. The fourth-order valence-electron chi connectivity index (χ4n) is 2.11. The number of benzene rings is 2. The number of hydrogen-bond acceptors (Lipinski definition) is 5. The van der Waals surface area contributed by atoms with Crippen molar-refractivity contribution in [2.45, 2.75) is 10.9 Å². The van der Waals surface area contributed by atoms with E-state index in [1.807, 2.05) is 24.3 Å². The van der Waals surface area contributed by atoms with Gasteiger partial charge in [-0.3, -0.25) is 0 Å². The van der Waals surface area contributed by atoms with E-state index in [-0.39, 0.29) is 5.82 Å². The fourth-order valence-corrected chi connectivity index (χ4v) is 3.35. The SMILES string of the molecule is COc1ccc(-c2nnc(SCc3cc(Br)ccc3F)n2N)cc1. The average molecular weight is 409 g/mol. The van der Waals surface area contributed by atoms with Crippen LogP contribution in [0.25, 0.3) is 11.4 Å². The number of nitrogens with zero attached hydrogens (tertiary/aromatic N) is 3. The standard InChI is InChI=1S/C16H14BrFN4OS/c1-23-13-5-2-10(3-6-13)15-20-21-16(22(15)19)24-9-11-8-12(17)4-7-14(11)18/h2-8H,9,19H2,1H3. The van der Waals surface area contributed by atoms with Crippen LogP contribution in [-0.4, -0.2) is 22.0 Å². The monoisotopic (exact) mass is 408 g/mol. The molecule has 0 aliphatic carbocycles. The van der Waals surface area contributed by atoms with E-state index >= 15 is 0 Å². The van der Waals surface area contributed by atoms with Crippen LogP contribution in [0.4, 0.5) is 4.39 Å². The van der Waals surface area contributed by atoms with E-state index in [0.717, 1.165) is 15.8 Å². The van der Waals surface area contributed by atoms with E-state index in [1.165, 1.54) is 22.5 Å². The summed E-state index contributed by atoms with van der Waals surface area (Å²) >= 11 is 4.66. The first kappa shape index (κ1) is 16.8. The third-order valence-electron chi connectivity index (χ3n) is 3.38. The molecule has 2 aromatic carbocycles. The Hall–Kier alpha value is -2.06. The summed E-state index contributed by atoms with van der Waals surface area (Å²) in [7, 11) is 1.61. The number of rotatable bonds is 5. The summed E-state index contributed by atoms with van der Waals surface area (Å²) in [5.41, 5.74) is 1.40. The fraction of sp³-hybridized carbons (Fsp3) is 0.125. The highest BCUT2D eigenvalue weighted by atomic mass is 79.9. The van der Waals surface area contributed by atoms with Crippen LogP contribution in [0.2, 0.25) is 0 Å². The van der Waals surface area contributed by atoms with Crippen molar-refractivity contribution in [1.29, 1.82) is 0 Å². The van der Waals surface area contributed by atoms with E-state index in [9.17, 15) is 4.39 Å². The molecular weight excluding hydrogens is 395 g/mol. The Bertz CT molecular complexity index is 854. The minimum atomic E-state index is -0.260. The van der Waals surface area contributed by atoms with E-state index in [4.69, 9.17) is 10.6 Å². The molecule has 0 bridgehead atoms. The number of nitrogen functional groups attached to an aromatic ring is 1. The van der Waals surface area contributed by atoms with Gasteiger partial charge in [0.05, 0.1) is 7.11 Å². The number of nitrogens with two attached hydrogens (primary N) is 1. The van der Waals surface area contributed by atoms with Gasteiger partial charge < -0.3 is 10.6 Å². The van der Waals surface area contributed by atoms with Crippen molar-refractivity contribution in [3.63, 3.8) is 0 Å². The Morgan fingerprint density at radius 3 is 2.67 bits per heavy atom. The molecule has 24 heavy (non-hydrogen) atoms. The maximum atomic E-state index is 13.8. The van der Waals surface area contributed by atoms with Crippen LogP contribution in [0.5, 0.6) is 5.75 Å². The molecule has 124 valence electrons. The number of hydrogen-bond donors (Lipinski definition) is 1. The van der Waals surface area contributed by atoms with Crippen LogP contribution in [0, 0.1) is 5.82 Å². The molecule has 5 nitrogen and oxygen atoms in total. The zero-order chi connectivity index (χ0) is 17.1. The molecule has 8 heteroatoms. The molecule has 0 unspecified atom stereocenters. The zero-order valence-electron chi connectivity index (χ0n) is 12.7. The van der Waals surface area contributed by atoms with Crippen LogP contribution in [0.3, 0.4) is 0 Å². The van der Waals surface area contributed by atoms with Gasteiger partial charge in [-0.25, -0.2) is 9.07 Å². The number of thioether (sulfide) groups is 1. The first-order valence-electron chi connectivity index (χ1n) is 7.00. The Balaban J connectivity index is 1.78. The number of methoxy groups -OCH3 is 1. The molecule has 2 N–H and O–H groups in total. The van der Waals surface area contributed by atoms with E-state index < -0.39 is 0 Å². The Morgan fingerprint density at radius 1 is 1.21 bits per heavy atom. The summed E-state index contributed by atoms with van der Waals surface area (Å²) in [4.78, 5) is 0. The quantitative estimate of drug-likeness (QED) is 0.512. The lowest BCUT2D eigenvalue weighted by molar-refractivity contribution is 0.415. The highest BCUT2D eigenvalue weighted by Gasteiger charge is 2.13. The molecule has 0 spiro atoms. The van der Waals surface area contributed by atoms with Gasteiger partial charge in [-0.15, -0.1) is 10.2 Å². The minimum Gasteiger partial charge on any atom is -0.497 e. The molecule has 3 aromatic rings. The number of aromatic nitrogens is 3. The molecule has 1 aromatic heterocycles. The molecule has 0 atom stereocenters. The maximum Gasteiger partial charge on any atom is 0.210 e. The second-order valence-electron chi connectivity index (χ2n) is 4.93. The van der Waals surface area contributed by atoms with Gasteiger partial charge >= 0.3 is 0 Å². The molecule has 1 heterocycles. The molecular formula is C16H14BrFN4OS. The Kier molecular flexibility index (Phi) is 5.06. The summed E-state index contributed by atoms with van der Waals surface area (Å²) < 4.78 is 21.2. The Labute approximate surface area is 151 Å². The summed E-state index contributed by atoms with van der Waals surface area (Å²) in [5, 5.41) is 8.72. The van der Waals surface area contributed by atoms with Gasteiger partial charge in [0, 0.05) is 15.8 Å². The third-order valence-corrected chi connectivity index (χ3v) is 4.86. The van der Waals surface area contributed by atoms with E-state index in [0.29, 0.717) is 22.3 Å². The highest BCUT2D eigenvalue weighted by Crippen LogP contribution is 2.27. The lowest BCUT2D eigenvalue weighted by atomic mass is 10.2. The van der Waals surface area contributed by atoms with Gasteiger partial charge in [-0.2, -0.15) is 0 Å². The first-order chi connectivity index (χ1) is 11.6. The van der Waals surface area contributed by atoms with E-state index in [2.05, 4.69) is 26.1 Å². The van der Waals surface area contributed by atoms with Crippen molar-refractivity contribution >= 4 is 27.7 Å². The summed E-state index contributed by atoms with van der Waals surface area (Å²) in [6.07, 6.45) is 0. The van der Waals surface area contributed by atoms with Crippen molar-refractivity contribution in [3.8, 4) is 17.1 Å². The third kappa shape index (κ3) is 3.54. The molecule has 3 rings (SSSR count). The van der Waals surface area contributed by atoms with Crippen molar-refractivity contribution in [2.75, 3.05) is 13.0 Å². The van der Waals surface area contributed by atoms with Crippen molar-refractivity contribution in [2.24, 2.45) is 0 Å². The van der Waals surface area contributed by atoms with Gasteiger partial charge in [-0.1, -0.05) is 27.7 Å². The minimum absolute atomic E-state index is 0.260. The highest BCUT2D eigenvalue weighted by molar-refractivity contribution is 9.10. The second kappa shape index (κ2) is 7.23. The smallest absolute Gasteiger partial charge is 0.210 e. The molecule has 0 amide bonds. The molecule has 0 radical (unpaired) electrons. The van der Waals surface area contributed by atoms with Gasteiger partial charge in [-0.05, 0) is 48.0 Å². The lowest BCUT2D eigenvalue weighted by Gasteiger charge is -2.06. The van der Waals surface area contributed by atoms with Gasteiger partial charge in [0.15, 0.2) is 5.82 Å². The summed E-state index contributed by atoms with van der Waals surface area (Å²) in [5.74, 6) is 7.51. The molecule has 0 fully saturated rings. The van der Waals surface area contributed by atoms with Gasteiger partial charge in [0.2, 0.25) is 5.16 Å². The molecule has 0 aliphatic heterocycles. The summed E-state index contributed by atoms with van der Waals surface area (Å²) in [6.45, 7) is 0. The Morgan fingerprint density at radius 2 is 1.96 bits per heavy atom. The van der Waals surface area contributed by atoms with E-state index in [1.54, 1.807) is 19.2 Å². The van der Waals surface area contributed by atoms with Crippen LogP contribution in [-0.2, 0) is 5.75 Å². The molecule has 0 saturated heterocycles. The number of halogens is 2. The predicted molar refractivity (Wildman–Crippen MR) is 95.8 cm³/mol. The molecule has 0 aliphatic rings. The normalized spacial score (nSPS) is 10.8. The van der Waals surface area contributed by atoms with Crippen molar-refractivity contribution in [1.82, 2.24) is 14.9 Å².